The zero-order chi connectivity index (χ0) is 14.4. The minimum Gasteiger partial charge on any atom is -0.465 e. The molecular formula is C16H14O3S. The van der Waals surface area contributed by atoms with Gasteiger partial charge in [0.05, 0.1) is 17.9 Å². The van der Waals surface area contributed by atoms with Gasteiger partial charge in [-0.25, -0.2) is 9.00 Å². The lowest BCUT2D eigenvalue weighted by molar-refractivity contribution is -0.135. The van der Waals surface area contributed by atoms with Crippen molar-refractivity contribution in [2.45, 2.75) is 4.90 Å². The molecule has 0 saturated heterocycles. The summed E-state index contributed by atoms with van der Waals surface area (Å²) in [4.78, 5) is 12.5. The minimum atomic E-state index is -1.57. The minimum absolute atomic E-state index is 0.130. The van der Waals surface area contributed by atoms with Gasteiger partial charge in [0.2, 0.25) is 0 Å². The maximum Gasteiger partial charge on any atom is 0.347 e. The molecule has 0 radical (unpaired) electrons. The summed E-state index contributed by atoms with van der Waals surface area (Å²) in [6, 6.07) is 18.1. The Morgan fingerprint density at radius 1 is 1.00 bits per heavy atom. The molecule has 0 aliphatic heterocycles. The van der Waals surface area contributed by atoms with E-state index in [1.165, 1.54) is 7.11 Å². The number of carbonyl (C=O) groups is 1. The van der Waals surface area contributed by atoms with Crippen LogP contribution < -0.4 is 0 Å². The van der Waals surface area contributed by atoms with Crippen molar-refractivity contribution in [1.29, 1.82) is 0 Å². The second kappa shape index (κ2) is 6.82. The highest BCUT2D eigenvalue weighted by atomic mass is 32.2. The summed E-state index contributed by atoms with van der Waals surface area (Å²) in [5.41, 5.74) is 0.803. The van der Waals surface area contributed by atoms with E-state index in [0.29, 0.717) is 4.90 Å². The molecule has 4 heteroatoms. The molecule has 102 valence electrons. The van der Waals surface area contributed by atoms with Crippen molar-refractivity contribution in [3.05, 3.63) is 71.1 Å². The Morgan fingerprint density at radius 3 is 2.10 bits per heavy atom. The van der Waals surface area contributed by atoms with Gasteiger partial charge in [0, 0.05) is 4.90 Å². The van der Waals surface area contributed by atoms with E-state index in [-0.39, 0.29) is 4.91 Å². The molecule has 2 aromatic carbocycles. The van der Waals surface area contributed by atoms with E-state index in [9.17, 15) is 9.00 Å². The van der Waals surface area contributed by atoms with Gasteiger partial charge < -0.3 is 4.74 Å². The van der Waals surface area contributed by atoms with Crippen LogP contribution in [0.25, 0.3) is 6.08 Å². The molecule has 0 bridgehead atoms. The fourth-order valence-corrected chi connectivity index (χ4v) is 2.80. The summed E-state index contributed by atoms with van der Waals surface area (Å²) in [5, 5.41) is 0. The van der Waals surface area contributed by atoms with Gasteiger partial charge in [-0.15, -0.1) is 0 Å². The first-order chi connectivity index (χ1) is 9.72. The largest absolute Gasteiger partial charge is 0.465 e. The molecule has 0 heterocycles. The maximum absolute atomic E-state index is 12.5. The van der Waals surface area contributed by atoms with Crippen LogP contribution in [0.3, 0.4) is 0 Å². The SMILES string of the molecule is COC(=O)/C(=C/c1ccccc1)S(=O)c1ccccc1. The zero-order valence-corrected chi connectivity index (χ0v) is 11.8. The fraction of sp³-hybridized carbons (Fsp3) is 0.0625. The standard InChI is InChI=1S/C16H14O3S/c1-19-16(17)15(12-13-8-4-2-5-9-13)20(18)14-10-6-3-7-11-14/h2-12H,1H3/b15-12-. The summed E-state index contributed by atoms with van der Waals surface area (Å²) >= 11 is 0. The molecule has 0 saturated carbocycles. The summed E-state index contributed by atoms with van der Waals surface area (Å²) < 4.78 is 17.2. The number of carbonyl (C=O) groups excluding carboxylic acids is 1. The molecule has 0 spiro atoms. The predicted octanol–water partition coefficient (Wildman–Crippen LogP) is 3.01. The van der Waals surface area contributed by atoms with Crippen LogP contribution in [0.2, 0.25) is 0 Å². The van der Waals surface area contributed by atoms with Gasteiger partial charge in [0.25, 0.3) is 0 Å². The molecule has 0 aromatic heterocycles. The van der Waals surface area contributed by atoms with E-state index >= 15 is 0 Å². The van der Waals surface area contributed by atoms with Crippen LogP contribution in [0.15, 0.2) is 70.5 Å². The lowest BCUT2D eigenvalue weighted by atomic mass is 10.2. The number of esters is 1. The van der Waals surface area contributed by atoms with E-state index in [1.54, 1.807) is 30.3 Å². The number of hydrogen-bond acceptors (Lipinski definition) is 3. The third-order valence-electron chi connectivity index (χ3n) is 2.64. The molecule has 0 aliphatic rings. The third-order valence-corrected chi connectivity index (χ3v) is 4.03. The molecule has 20 heavy (non-hydrogen) atoms. The Labute approximate surface area is 120 Å². The summed E-state index contributed by atoms with van der Waals surface area (Å²) in [7, 11) is -0.284. The molecule has 3 nitrogen and oxygen atoms in total. The molecule has 1 unspecified atom stereocenters. The first kappa shape index (κ1) is 14.2. The highest BCUT2D eigenvalue weighted by Crippen LogP contribution is 2.18. The third kappa shape index (κ3) is 3.42. The Bertz CT molecular complexity index is 633. The topological polar surface area (TPSA) is 43.4 Å². The van der Waals surface area contributed by atoms with Crippen molar-refractivity contribution in [2.24, 2.45) is 0 Å². The quantitative estimate of drug-likeness (QED) is 0.641. The lowest BCUT2D eigenvalue weighted by Crippen LogP contribution is -2.10. The molecule has 0 fully saturated rings. The van der Waals surface area contributed by atoms with Crippen LogP contribution >= 0.6 is 0 Å². The number of rotatable bonds is 4. The Kier molecular flexibility index (Phi) is 4.85. The maximum atomic E-state index is 12.5. The highest BCUT2D eigenvalue weighted by Gasteiger charge is 2.19. The Morgan fingerprint density at radius 2 is 1.55 bits per heavy atom. The van der Waals surface area contributed by atoms with Gasteiger partial charge in [0.15, 0.2) is 0 Å². The monoisotopic (exact) mass is 286 g/mol. The van der Waals surface area contributed by atoms with Crippen LogP contribution in [0.1, 0.15) is 5.56 Å². The van der Waals surface area contributed by atoms with Gasteiger partial charge >= 0.3 is 5.97 Å². The molecular weight excluding hydrogens is 272 g/mol. The van der Waals surface area contributed by atoms with Gasteiger partial charge in [-0.1, -0.05) is 48.5 Å². The summed E-state index contributed by atoms with van der Waals surface area (Å²) in [6.45, 7) is 0. The Hall–Kier alpha value is -2.20. The second-order valence-corrected chi connectivity index (χ2v) is 5.44. The predicted molar refractivity (Wildman–Crippen MR) is 79.3 cm³/mol. The van der Waals surface area contributed by atoms with E-state index < -0.39 is 16.8 Å². The van der Waals surface area contributed by atoms with Gasteiger partial charge in [-0.2, -0.15) is 0 Å². The first-order valence-corrected chi connectivity index (χ1v) is 7.19. The van der Waals surface area contributed by atoms with E-state index in [2.05, 4.69) is 0 Å². The van der Waals surface area contributed by atoms with Crippen LogP contribution in [0.5, 0.6) is 0 Å². The Balaban J connectivity index is 2.41. The summed E-state index contributed by atoms with van der Waals surface area (Å²) in [5.74, 6) is -0.587. The number of ether oxygens (including phenoxy) is 1. The van der Waals surface area contributed by atoms with Crippen LogP contribution in [-0.4, -0.2) is 17.3 Å². The lowest BCUT2D eigenvalue weighted by Gasteiger charge is -2.06. The van der Waals surface area contributed by atoms with E-state index in [0.717, 1.165) is 5.56 Å². The normalized spacial score (nSPS) is 12.8. The second-order valence-electron chi connectivity index (χ2n) is 3.99. The summed E-state index contributed by atoms with van der Waals surface area (Å²) in [6.07, 6.45) is 1.59. The number of methoxy groups -OCH3 is 1. The average Bonchev–Trinajstić information content (AvgIpc) is 2.53. The van der Waals surface area contributed by atoms with Crippen molar-refractivity contribution in [2.75, 3.05) is 7.11 Å². The smallest absolute Gasteiger partial charge is 0.347 e. The van der Waals surface area contributed by atoms with E-state index in [4.69, 9.17) is 4.74 Å². The van der Waals surface area contributed by atoms with Crippen molar-refractivity contribution < 1.29 is 13.7 Å². The zero-order valence-electron chi connectivity index (χ0n) is 11.0. The number of hydrogen-bond donors (Lipinski definition) is 0. The molecule has 1 atom stereocenters. The van der Waals surface area contributed by atoms with Crippen LogP contribution in [0, 0.1) is 0 Å². The molecule has 0 N–H and O–H groups in total. The molecule has 0 aliphatic carbocycles. The fourth-order valence-electron chi connectivity index (χ4n) is 1.66. The van der Waals surface area contributed by atoms with Crippen molar-refractivity contribution in [1.82, 2.24) is 0 Å². The van der Waals surface area contributed by atoms with Gasteiger partial charge in [-0.3, -0.25) is 0 Å². The van der Waals surface area contributed by atoms with Crippen molar-refractivity contribution >= 4 is 22.8 Å². The van der Waals surface area contributed by atoms with Gasteiger partial charge in [-0.05, 0) is 23.8 Å². The van der Waals surface area contributed by atoms with Gasteiger partial charge in [0.1, 0.15) is 4.91 Å². The molecule has 2 aromatic rings. The van der Waals surface area contributed by atoms with Crippen molar-refractivity contribution in [3.8, 4) is 0 Å². The van der Waals surface area contributed by atoms with E-state index in [1.807, 2.05) is 36.4 Å². The van der Waals surface area contributed by atoms with Crippen molar-refractivity contribution in [3.63, 3.8) is 0 Å². The van der Waals surface area contributed by atoms with Crippen LogP contribution in [0.4, 0.5) is 0 Å². The number of benzene rings is 2. The average molecular weight is 286 g/mol. The highest BCUT2D eigenvalue weighted by molar-refractivity contribution is 7.90. The molecule has 2 rings (SSSR count). The first-order valence-electron chi connectivity index (χ1n) is 6.04. The van der Waals surface area contributed by atoms with Crippen LogP contribution in [-0.2, 0) is 20.3 Å². The molecule has 0 amide bonds.